The number of phenols is 1. The second kappa shape index (κ2) is 11.9. The number of imide groups is 2. The van der Waals surface area contributed by atoms with E-state index in [0.717, 1.165) is 28.0 Å². The smallest absolute Gasteiger partial charge is 0.301 e. The van der Waals surface area contributed by atoms with E-state index < -0.39 is 85.7 Å². The lowest BCUT2D eigenvalue weighted by atomic mass is 9.51. The summed E-state index contributed by atoms with van der Waals surface area (Å²) < 4.78 is 14.2. The highest BCUT2D eigenvalue weighted by Gasteiger charge is 2.67. The Balaban J connectivity index is 1.36. The maximum Gasteiger partial charge on any atom is 0.301 e. The number of allylic oxidation sites excluding steroid dienone is 2. The molecule has 0 spiro atoms. The molecule has 7 rings (SSSR count). The first-order valence-electron chi connectivity index (χ1n) is 16.3. The van der Waals surface area contributed by atoms with Crippen molar-refractivity contribution in [1.29, 1.82) is 0 Å². The lowest BCUT2D eigenvalue weighted by Crippen LogP contribution is -2.48. The minimum atomic E-state index is -1.43. The summed E-state index contributed by atoms with van der Waals surface area (Å²) in [7, 11) is 2.79. The summed E-state index contributed by atoms with van der Waals surface area (Å²) in [5, 5.41) is 34.3. The highest BCUT2D eigenvalue weighted by atomic mass is 35.5. The van der Waals surface area contributed by atoms with Gasteiger partial charge in [-0.3, -0.25) is 39.4 Å². The monoisotopic (exact) mass is 731 g/mol. The Kier molecular flexibility index (Phi) is 7.97. The molecule has 2 aliphatic carbocycles. The maximum absolute atomic E-state index is 14.6. The van der Waals surface area contributed by atoms with E-state index in [-0.39, 0.29) is 40.7 Å². The van der Waals surface area contributed by atoms with Crippen LogP contribution in [0.4, 0.5) is 32.8 Å². The number of carbonyl (C=O) groups is 4. The molecule has 2 aliphatic heterocycles. The topological polar surface area (TPSA) is 185 Å². The van der Waals surface area contributed by atoms with Crippen LogP contribution in [0.2, 0.25) is 5.02 Å². The third-order valence-electron chi connectivity index (χ3n) is 11.1. The van der Waals surface area contributed by atoms with Gasteiger partial charge in [-0.15, -0.1) is 0 Å². The zero-order chi connectivity index (χ0) is 37.7. The van der Waals surface area contributed by atoms with Crippen molar-refractivity contribution >= 4 is 63.7 Å². The number of aryl methyl sites for hydroxylation is 1. The van der Waals surface area contributed by atoms with Gasteiger partial charge in [0.15, 0.2) is 5.69 Å². The van der Waals surface area contributed by atoms with E-state index in [1.165, 1.54) is 37.2 Å². The minimum absolute atomic E-state index is 0.00240. The van der Waals surface area contributed by atoms with Gasteiger partial charge in [0.05, 0.1) is 49.4 Å². The first-order valence-corrected chi connectivity index (χ1v) is 16.7. The van der Waals surface area contributed by atoms with Crippen molar-refractivity contribution in [1.82, 2.24) is 0 Å². The van der Waals surface area contributed by atoms with E-state index in [4.69, 9.17) is 11.6 Å². The van der Waals surface area contributed by atoms with Gasteiger partial charge < -0.3 is 10.0 Å². The molecule has 3 aromatic rings. The van der Waals surface area contributed by atoms with Crippen molar-refractivity contribution in [3.8, 4) is 5.75 Å². The van der Waals surface area contributed by atoms with Crippen molar-refractivity contribution in [2.24, 2.45) is 29.1 Å². The van der Waals surface area contributed by atoms with Crippen LogP contribution in [0.15, 0.2) is 60.2 Å². The fourth-order valence-electron chi connectivity index (χ4n) is 8.83. The van der Waals surface area contributed by atoms with Gasteiger partial charge in [-0.2, -0.15) is 0 Å². The standard InChI is InChI=1S/C36H31ClFN5O9/c1-16-11-17(5-10-28(16)44)30-20-7-8-21-29(22(20)15-23-33(46)41(35(48)36(23,30)2)18-6-9-25(38)24(37)12-18)34(47)40(32(21)45)19-13-26(42(49)50)31(39(3)4)27(14-19)43(51)52/h5-7,9-14,21-23,29-30,44H,8,15H2,1-4H3. The second-order valence-corrected chi connectivity index (χ2v) is 14.5. The van der Waals surface area contributed by atoms with Gasteiger partial charge in [-0.1, -0.05) is 35.4 Å². The molecule has 6 unspecified atom stereocenters. The van der Waals surface area contributed by atoms with Gasteiger partial charge in [-0.25, -0.2) is 14.2 Å². The molecule has 2 saturated heterocycles. The summed E-state index contributed by atoms with van der Waals surface area (Å²) in [4.78, 5) is 83.0. The van der Waals surface area contributed by atoms with Crippen molar-refractivity contribution in [3.05, 3.63) is 102 Å². The highest BCUT2D eigenvalue weighted by Crippen LogP contribution is 2.64. The normalized spacial score (nSPS) is 26.6. The number of rotatable bonds is 6. The van der Waals surface area contributed by atoms with Crippen LogP contribution in [0.1, 0.15) is 36.8 Å². The van der Waals surface area contributed by atoms with Gasteiger partial charge in [0.2, 0.25) is 23.6 Å². The molecule has 1 N–H and O–H groups in total. The Morgan fingerprint density at radius 2 is 1.56 bits per heavy atom. The van der Waals surface area contributed by atoms with Crippen LogP contribution in [0.3, 0.4) is 0 Å². The van der Waals surface area contributed by atoms with Crippen molar-refractivity contribution in [2.75, 3.05) is 28.8 Å². The molecule has 0 radical (unpaired) electrons. The van der Waals surface area contributed by atoms with Gasteiger partial charge in [0.1, 0.15) is 11.6 Å². The summed E-state index contributed by atoms with van der Waals surface area (Å²) in [5.41, 5.74) is -1.63. The molecule has 0 aromatic heterocycles. The van der Waals surface area contributed by atoms with Crippen LogP contribution in [-0.4, -0.2) is 52.7 Å². The Bertz CT molecular complexity index is 2170. The number of fused-ring (bicyclic) bond motifs is 4. The molecule has 1 saturated carbocycles. The van der Waals surface area contributed by atoms with Crippen LogP contribution in [0, 0.1) is 62.1 Å². The molecule has 0 bridgehead atoms. The highest BCUT2D eigenvalue weighted by molar-refractivity contribution is 6.32. The molecular formula is C36H31ClFN5O9. The molecule has 3 aromatic carbocycles. The zero-order valence-corrected chi connectivity index (χ0v) is 29.0. The SMILES string of the molecule is Cc1cc(C2C3=CCC4C(=O)N(c5cc([N+](=O)[O-])c(N(C)C)c([N+](=O)[O-])c5)C(=O)C4C3CC3C(=O)N(c4ccc(F)c(Cl)c4)C(=O)C32C)ccc1O. The first kappa shape index (κ1) is 34.7. The zero-order valence-electron chi connectivity index (χ0n) is 28.2. The molecule has 52 heavy (non-hydrogen) atoms. The van der Waals surface area contributed by atoms with E-state index in [1.54, 1.807) is 32.1 Å². The van der Waals surface area contributed by atoms with E-state index in [0.29, 0.717) is 16.7 Å². The Morgan fingerprint density at radius 1 is 0.904 bits per heavy atom. The molecule has 4 aliphatic rings. The largest absolute Gasteiger partial charge is 0.508 e. The van der Waals surface area contributed by atoms with Gasteiger partial charge in [0.25, 0.3) is 0 Å². The number of hydrogen-bond acceptors (Lipinski definition) is 10. The predicted octanol–water partition coefficient (Wildman–Crippen LogP) is 5.81. The molecule has 16 heteroatoms. The maximum atomic E-state index is 14.6. The number of amides is 4. The molecule has 6 atom stereocenters. The van der Waals surface area contributed by atoms with Gasteiger partial charge in [0, 0.05) is 32.1 Å². The number of nitrogens with zero attached hydrogens (tertiary/aromatic N) is 5. The number of nitro groups is 2. The van der Waals surface area contributed by atoms with Gasteiger partial charge >= 0.3 is 11.4 Å². The summed E-state index contributed by atoms with van der Waals surface area (Å²) in [6.45, 7) is 3.34. The number of aromatic hydroxyl groups is 1. The number of nitro benzene ring substituents is 2. The van der Waals surface area contributed by atoms with Crippen LogP contribution >= 0.6 is 11.6 Å². The summed E-state index contributed by atoms with van der Waals surface area (Å²) in [5.74, 6) is -7.99. The van der Waals surface area contributed by atoms with E-state index >= 15 is 0 Å². The number of hydrogen-bond donors (Lipinski definition) is 1. The second-order valence-electron chi connectivity index (χ2n) is 14.1. The molecule has 4 amide bonds. The quantitative estimate of drug-likeness (QED) is 0.140. The van der Waals surface area contributed by atoms with Crippen LogP contribution in [-0.2, 0) is 19.2 Å². The summed E-state index contributed by atoms with van der Waals surface area (Å²) in [6, 6.07) is 10.3. The van der Waals surface area contributed by atoms with E-state index in [2.05, 4.69) is 0 Å². The van der Waals surface area contributed by atoms with E-state index in [1.807, 2.05) is 0 Å². The Morgan fingerprint density at radius 3 is 2.13 bits per heavy atom. The Labute approximate surface area is 300 Å². The molecule has 14 nitrogen and oxygen atoms in total. The fraction of sp³-hybridized carbons (Fsp3) is 0.333. The van der Waals surface area contributed by atoms with Crippen molar-refractivity contribution < 1.29 is 38.5 Å². The third kappa shape index (κ3) is 4.82. The molecule has 3 fully saturated rings. The average Bonchev–Trinajstić information content (AvgIpc) is 3.46. The van der Waals surface area contributed by atoms with Crippen LogP contribution in [0.25, 0.3) is 0 Å². The predicted molar refractivity (Wildman–Crippen MR) is 185 cm³/mol. The number of halogens is 2. The number of benzene rings is 3. The molecule has 2 heterocycles. The average molecular weight is 732 g/mol. The van der Waals surface area contributed by atoms with Crippen LogP contribution < -0.4 is 14.7 Å². The number of phenolic OH excluding ortho intramolecular Hbond substituents is 1. The third-order valence-corrected chi connectivity index (χ3v) is 11.4. The lowest BCUT2D eigenvalue weighted by molar-refractivity contribution is -0.392. The molecular weight excluding hydrogens is 701 g/mol. The first-order chi connectivity index (χ1) is 24.5. The summed E-state index contributed by atoms with van der Waals surface area (Å²) in [6.07, 6.45) is 1.81. The Hall–Kier alpha value is -5.70. The lowest BCUT2D eigenvalue weighted by Gasteiger charge is -2.49. The van der Waals surface area contributed by atoms with Crippen LogP contribution in [0.5, 0.6) is 5.75 Å². The fourth-order valence-corrected chi connectivity index (χ4v) is 9.01. The van der Waals surface area contributed by atoms with Gasteiger partial charge in [-0.05, 0) is 68.0 Å². The van der Waals surface area contributed by atoms with Crippen molar-refractivity contribution in [2.45, 2.75) is 32.6 Å². The minimum Gasteiger partial charge on any atom is -0.508 e. The van der Waals surface area contributed by atoms with E-state index in [9.17, 15) is 48.9 Å². The van der Waals surface area contributed by atoms with Crippen molar-refractivity contribution in [3.63, 3.8) is 0 Å². The molecule has 268 valence electrons. The summed E-state index contributed by atoms with van der Waals surface area (Å²) >= 11 is 6.06. The number of anilines is 3. The number of carbonyl (C=O) groups excluding carboxylic acids is 4.